The van der Waals surface area contributed by atoms with Gasteiger partial charge in [-0.1, -0.05) is 25.1 Å². The molecule has 0 aliphatic carbocycles. The molecule has 0 aromatic heterocycles. The summed E-state index contributed by atoms with van der Waals surface area (Å²) in [5.41, 5.74) is 3.08. The van der Waals surface area contributed by atoms with Gasteiger partial charge >= 0.3 is 6.03 Å². The van der Waals surface area contributed by atoms with Gasteiger partial charge in [-0.05, 0) is 37.1 Å². The Kier molecular flexibility index (Phi) is 7.47. The van der Waals surface area contributed by atoms with E-state index in [-0.39, 0.29) is 18.7 Å². The van der Waals surface area contributed by atoms with Crippen LogP contribution in [-0.2, 0) is 6.42 Å². The van der Waals surface area contributed by atoms with Gasteiger partial charge in [-0.3, -0.25) is 0 Å². The van der Waals surface area contributed by atoms with Crippen LogP contribution in [0.2, 0.25) is 0 Å². The summed E-state index contributed by atoms with van der Waals surface area (Å²) in [6, 6.07) is 5.79. The van der Waals surface area contributed by atoms with Crippen molar-refractivity contribution in [2.75, 3.05) is 23.9 Å². The number of benzene rings is 1. The Hall–Kier alpha value is -1.20. The molecule has 0 radical (unpaired) electrons. The highest BCUT2D eigenvalue weighted by molar-refractivity contribution is 7.98. The third-order valence-corrected chi connectivity index (χ3v) is 3.89. The molecule has 20 heavy (non-hydrogen) atoms. The van der Waals surface area contributed by atoms with E-state index in [0.717, 1.165) is 29.0 Å². The van der Waals surface area contributed by atoms with E-state index in [2.05, 4.69) is 17.6 Å². The first-order valence-electron chi connectivity index (χ1n) is 6.88. The molecule has 2 amide bonds. The molecule has 1 atom stereocenters. The fraction of sp³-hybridized carbons (Fsp3) is 0.533. The van der Waals surface area contributed by atoms with Crippen LogP contribution in [0.3, 0.4) is 0 Å². The van der Waals surface area contributed by atoms with Crippen LogP contribution in [-0.4, -0.2) is 35.8 Å². The average Bonchev–Trinajstić information content (AvgIpc) is 2.41. The number of urea groups is 1. The Balaban J connectivity index is 2.70. The van der Waals surface area contributed by atoms with Crippen molar-refractivity contribution in [2.45, 2.75) is 32.7 Å². The van der Waals surface area contributed by atoms with E-state index in [9.17, 15) is 4.79 Å². The fourth-order valence-electron chi connectivity index (χ4n) is 2.09. The third-order valence-electron chi connectivity index (χ3n) is 3.16. The van der Waals surface area contributed by atoms with Gasteiger partial charge in [0.05, 0.1) is 0 Å². The van der Waals surface area contributed by atoms with E-state index in [1.165, 1.54) is 0 Å². The van der Waals surface area contributed by atoms with Gasteiger partial charge in [0.1, 0.15) is 0 Å². The number of hydrogen-bond acceptors (Lipinski definition) is 3. The first-order chi connectivity index (χ1) is 9.62. The van der Waals surface area contributed by atoms with Crippen molar-refractivity contribution in [2.24, 2.45) is 0 Å². The van der Waals surface area contributed by atoms with Crippen LogP contribution < -0.4 is 10.6 Å². The molecule has 3 N–H and O–H groups in total. The van der Waals surface area contributed by atoms with Gasteiger partial charge < -0.3 is 15.7 Å². The molecule has 5 heteroatoms. The molecular weight excluding hydrogens is 272 g/mol. The van der Waals surface area contributed by atoms with Crippen molar-refractivity contribution >= 4 is 23.5 Å². The fourth-order valence-corrected chi connectivity index (χ4v) is 2.74. The molecule has 0 aliphatic heterocycles. The number of hydrogen-bond donors (Lipinski definition) is 3. The summed E-state index contributed by atoms with van der Waals surface area (Å²) in [4.78, 5) is 12.1. The van der Waals surface area contributed by atoms with E-state index in [0.29, 0.717) is 6.42 Å². The second-order valence-electron chi connectivity index (χ2n) is 4.73. The molecule has 1 aromatic rings. The molecule has 0 saturated carbocycles. The lowest BCUT2D eigenvalue weighted by atomic mass is 10.1. The van der Waals surface area contributed by atoms with Crippen molar-refractivity contribution < 1.29 is 9.90 Å². The van der Waals surface area contributed by atoms with Crippen molar-refractivity contribution in [3.8, 4) is 0 Å². The smallest absolute Gasteiger partial charge is 0.319 e. The number of rotatable bonds is 7. The number of amides is 2. The molecular formula is C15H24N2O2S. The second-order valence-corrected chi connectivity index (χ2v) is 5.64. The SMILES string of the molecule is CCc1cccc(C)c1NC(=O)N[C@H](CCO)CSC. The maximum atomic E-state index is 12.1. The predicted molar refractivity (Wildman–Crippen MR) is 86.6 cm³/mol. The van der Waals surface area contributed by atoms with E-state index < -0.39 is 0 Å². The number of nitrogens with one attached hydrogen (secondary N) is 2. The zero-order valence-electron chi connectivity index (χ0n) is 12.4. The average molecular weight is 296 g/mol. The Morgan fingerprint density at radius 1 is 1.45 bits per heavy atom. The summed E-state index contributed by atoms with van der Waals surface area (Å²) in [5, 5.41) is 14.9. The minimum atomic E-state index is -0.207. The van der Waals surface area contributed by atoms with Crippen molar-refractivity contribution in [3.05, 3.63) is 29.3 Å². The van der Waals surface area contributed by atoms with Crippen molar-refractivity contribution in [1.82, 2.24) is 5.32 Å². The summed E-state index contributed by atoms with van der Waals surface area (Å²) in [6.45, 7) is 4.14. The van der Waals surface area contributed by atoms with Crippen LogP contribution in [0.1, 0.15) is 24.5 Å². The molecule has 4 nitrogen and oxygen atoms in total. The highest BCUT2D eigenvalue weighted by Crippen LogP contribution is 2.20. The molecule has 0 unspecified atom stereocenters. The van der Waals surface area contributed by atoms with Crippen LogP contribution >= 0.6 is 11.8 Å². The monoisotopic (exact) mass is 296 g/mol. The van der Waals surface area contributed by atoms with Crippen molar-refractivity contribution in [1.29, 1.82) is 0 Å². The molecule has 0 aliphatic rings. The second kappa shape index (κ2) is 8.87. The summed E-state index contributed by atoms with van der Waals surface area (Å²) in [7, 11) is 0. The van der Waals surface area contributed by atoms with E-state index >= 15 is 0 Å². The van der Waals surface area contributed by atoms with Crippen LogP contribution in [0.15, 0.2) is 18.2 Å². The normalized spacial score (nSPS) is 12.0. The number of carbonyl (C=O) groups excluding carboxylic acids is 1. The Morgan fingerprint density at radius 3 is 2.80 bits per heavy atom. The molecule has 0 fully saturated rings. The number of anilines is 1. The lowest BCUT2D eigenvalue weighted by Gasteiger charge is -2.19. The summed E-state index contributed by atoms with van der Waals surface area (Å²) >= 11 is 1.66. The van der Waals surface area contributed by atoms with Crippen LogP contribution in [0.4, 0.5) is 10.5 Å². The molecule has 112 valence electrons. The standard InChI is InChI=1S/C15H24N2O2S/c1-4-12-7-5-6-11(2)14(12)17-15(19)16-13(8-9-18)10-20-3/h5-7,13,18H,4,8-10H2,1-3H3,(H2,16,17,19)/t13-/m1/s1. The van der Waals surface area contributed by atoms with Gasteiger partial charge in [0, 0.05) is 24.1 Å². The molecule has 1 aromatic carbocycles. The van der Waals surface area contributed by atoms with Crippen LogP contribution in [0, 0.1) is 6.92 Å². The number of aliphatic hydroxyl groups excluding tert-OH is 1. The molecule has 0 heterocycles. The van der Waals surface area contributed by atoms with Gasteiger partial charge in [0.2, 0.25) is 0 Å². The van der Waals surface area contributed by atoms with E-state index in [1.54, 1.807) is 11.8 Å². The van der Waals surface area contributed by atoms with E-state index in [4.69, 9.17) is 5.11 Å². The number of aryl methyl sites for hydroxylation is 2. The van der Waals surface area contributed by atoms with E-state index in [1.807, 2.05) is 31.4 Å². The number of thioether (sulfide) groups is 1. The molecule has 0 saturated heterocycles. The first-order valence-corrected chi connectivity index (χ1v) is 8.27. The molecule has 0 bridgehead atoms. The van der Waals surface area contributed by atoms with Gasteiger partial charge in [-0.2, -0.15) is 11.8 Å². The topological polar surface area (TPSA) is 61.4 Å². The van der Waals surface area contributed by atoms with Crippen molar-refractivity contribution in [3.63, 3.8) is 0 Å². The van der Waals surface area contributed by atoms with Gasteiger partial charge in [-0.25, -0.2) is 4.79 Å². The first kappa shape index (κ1) is 16.9. The van der Waals surface area contributed by atoms with Crippen LogP contribution in [0.5, 0.6) is 0 Å². The third kappa shape index (κ3) is 5.06. The minimum absolute atomic E-state index is 0.0101. The Morgan fingerprint density at radius 2 is 2.20 bits per heavy atom. The lowest BCUT2D eigenvalue weighted by molar-refractivity contribution is 0.241. The summed E-state index contributed by atoms with van der Waals surface area (Å²) in [6.07, 6.45) is 3.44. The quantitative estimate of drug-likeness (QED) is 0.725. The predicted octanol–water partition coefficient (Wildman–Crippen LogP) is 2.79. The largest absolute Gasteiger partial charge is 0.396 e. The molecule has 1 rings (SSSR count). The zero-order valence-corrected chi connectivity index (χ0v) is 13.2. The maximum Gasteiger partial charge on any atom is 0.319 e. The lowest BCUT2D eigenvalue weighted by Crippen LogP contribution is -2.40. The van der Waals surface area contributed by atoms with Gasteiger partial charge in [0.15, 0.2) is 0 Å². The highest BCUT2D eigenvalue weighted by Gasteiger charge is 2.13. The highest BCUT2D eigenvalue weighted by atomic mass is 32.2. The maximum absolute atomic E-state index is 12.1. The Labute approximate surface area is 125 Å². The minimum Gasteiger partial charge on any atom is -0.396 e. The molecule has 0 spiro atoms. The van der Waals surface area contributed by atoms with Crippen LogP contribution in [0.25, 0.3) is 0 Å². The number of aliphatic hydroxyl groups is 1. The van der Waals surface area contributed by atoms with Gasteiger partial charge in [-0.15, -0.1) is 0 Å². The number of para-hydroxylation sites is 1. The zero-order chi connectivity index (χ0) is 15.0. The van der Waals surface area contributed by atoms with Gasteiger partial charge in [0.25, 0.3) is 0 Å². The number of carbonyl (C=O) groups is 1. The summed E-state index contributed by atoms with van der Waals surface area (Å²) < 4.78 is 0. The summed E-state index contributed by atoms with van der Waals surface area (Å²) in [5.74, 6) is 0.794. The Bertz CT molecular complexity index is 432.